The van der Waals surface area contributed by atoms with Crippen LogP contribution in [0.2, 0.25) is 0 Å². The molecule has 0 spiro atoms. The van der Waals surface area contributed by atoms with Crippen LogP contribution in [-0.4, -0.2) is 23.9 Å². The number of hydrogen-bond acceptors (Lipinski definition) is 4. The van der Waals surface area contributed by atoms with Crippen LogP contribution < -0.4 is 5.32 Å². The Bertz CT molecular complexity index is 527. The number of nitrogens with zero attached hydrogens (tertiary/aromatic N) is 4. The minimum atomic E-state index is -0.871. The Morgan fingerprint density at radius 3 is 2.89 bits per heavy atom. The number of nitro groups is 1. The quantitative estimate of drug-likeness (QED) is 0.215. The number of rotatable bonds is 5. The molecule has 0 aliphatic rings. The first-order valence-electron chi connectivity index (χ1n) is 4.78. The van der Waals surface area contributed by atoms with Crippen molar-refractivity contribution in [3.63, 3.8) is 0 Å². The van der Waals surface area contributed by atoms with Crippen LogP contribution in [0.15, 0.2) is 23.3 Å². The number of halogens is 1. The van der Waals surface area contributed by atoms with E-state index < -0.39 is 22.3 Å². The Kier molecular flexibility index (Phi) is 4.58. The fraction of sp³-hybridized carbons (Fsp3) is 0.222. The fourth-order valence-electron chi connectivity index (χ4n) is 1.18. The zero-order chi connectivity index (χ0) is 13.5. The zero-order valence-electron chi connectivity index (χ0n) is 9.04. The molecule has 1 amide bonds. The van der Waals surface area contributed by atoms with E-state index in [0.717, 1.165) is 18.2 Å². The van der Waals surface area contributed by atoms with Gasteiger partial charge < -0.3 is 5.32 Å². The molecule has 1 rings (SSSR count). The first-order chi connectivity index (χ1) is 8.54. The molecular formula is C9H8FN5O3. The van der Waals surface area contributed by atoms with E-state index >= 15 is 0 Å². The molecule has 0 saturated carbocycles. The summed E-state index contributed by atoms with van der Waals surface area (Å²) in [7, 11) is 0. The number of non-ortho nitro benzene ring substituents is 1. The predicted molar refractivity (Wildman–Crippen MR) is 59.4 cm³/mol. The van der Waals surface area contributed by atoms with E-state index in [4.69, 9.17) is 5.53 Å². The van der Waals surface area contributed by atoms with Gasteiger partial charge in [-0.25, -0.2) is 4.39 Å². The molecular weight excluding hydrogens is 245 g/mol. The average Bonchev–Trinajstić information content (AvgIpc) is 2.33. The van der Waals surface area contributed by atoms with Crippen molar-refractivity contribution in [1.82, 2.24) is 5.32 Å². The van der Waals surface area contributed by atoms with Crippen LogP contribution in [0.4, 0.5) is 10.1 Å². The maximum Gasteiger partial charge on any atom is 0.273 e. The molecule has 9 heteroatoms. The lowest BCUT2D eigenvalue weighted by Gasteiger charge is -2.03. The molecule has 8 nitrogen and oxygen atoms in total. The van der Waals surface area contributed by atoms with Crippen LogP contribution in [0.1, 0.15) is 10.4 Å². The maximum atomic E-state index is 13.0. The van der Waals surface area contributed by atoms with Gasteiger partial charge in [-0.2, -0.15) is 0 Å². The van der Waals surface area contributed by atoms with Gasteiger partial charge in [0.25, 0.3) is 11.6 Å². The SMILES string of the molecule is [N-]=[N+]=NCCNC(=O)c1cc(F)cc([N+](=O)[O-])c1. The molecule has 18 heavy (non-hydrogen) atoms. The lowest BCUT2D eigenvalue weighted by atomic mass is 10.2. The fourth-order valence-corrected chi connectivity index (χ4v) is 1.18. The second kappa shape index (κ2) is 6.16. The molecule has 1 N–H and O–H groups in total. The highest BCUT2D eigenvalue weighted by atomic mass is 19.1. The third kappa shape index (κ3) is 3.72. The van der Waals surface area contributed by atoms with Crippen LogP contribution >= 0.6 is 0 Å². The third-order valence-electron chi connectivity index (χ3n) is 1.92. The topological polar surface area (TPSA) is 121 Å². The predicted octanol–water partition coefficient (Wildman–Crippen LogP) is 1.77. The maximum absolute atomic E-state index is 13.0. The molecule has 0 atom stereocenters. The number of hydrogen-bond donors (Lipinski definition) is 1. The summed E-state index contributed by atoms with van der Waals surface area (Å²) in [6.07, 6.45) is 0. The Morgan fingerprint density at radius 1 is 1.56 bits per heavy atom. The molecule has 0 aliphatic carbocycles. The summed E-state index contributed by atoms with van der Waals surface area (Å²) in [6, 6.07) is 2.57. The van der Waals surface area contributed by atoms with Gasteiger partial charge in [-0.1, -0.05) is 5.11 Å². The highest BCUT2D eigenvalue weighted by molar-refractivity contribution is 5.94. The van der Waals surface area contributed by atoms with E-state index in [1.54, 1.807) is 0 Å². The second-order valence-electron chi connectivity index (χ2n) is 3.17. The first kappa shape index (κ1) is 13.4. The molecule has 0 bridgehead atoms. The van der Waals surface area contributed by atoms with Crippen molar-refractivity contribution >= 4 is 11.6 Å². The highest BCUT2D eigenvalue weighted by Gasteiger charge is 2.14. The van der Waals surface area contributed by atoms with Crippen molar-refractivity contribution in [3.05, 3.63) is 50.1 Å². The lowest BCUT2D eigenvalue weighted by Crippen LogP contribution is -2.26. The summed E-state index contributed by atoms with van der Waals surface area (Å²) in [5.41, 5.74) is 7.33. The van der Waals surface area contributed by atoms with Gasteiger partial charge in [-0.05, 0) is 11.6 Å². The Hall–Kier alpha value is -2.67. The summed E-state index contributed by atoms with van der Waals surface area (Å²) < 4.78 is 13.0. The Labute approximate surface area is 100 Å². The zero-order valence-corrected chi connectivity index (χ0v) is 9.04. The first-order valence-corrected chi connectivity index (χ1v) is 4.78. The lowest BCUT2D eigenvalue weighted by molar-refractivity contribution is -0.385. The van der Waals surface area contributed by atoms with E-state index in [1.807, 2.05) is 0 Å². The van der Waals surface area contributed by atoms with Crippen molar-refractivity contribution < 1.29 is 14.1 Å². The van der Waals surface area contributed by atoms with Gasteiger partial charge in [0.15, 0.2) is 0 Å². The van der Waals surface area contributed by atoms with Crippen LogP contribution in [0, 0.1) is 15.9 Å². The molecule has 0 radical (unpaired) electrons. The van der Waals surface area contributed by atoms with E-state index in [2.05, 4.69) is 15.3 Å². The standard InChI is InChI=1S/C9H8FN5O3/c10-7-3-6(4-8(5-7)15(17)18)9(16)12-1-2-13-14-11/h3-5H,1-2H2,(H,12,16). The molecule has 1 aromatic carbocycles. The van der Waals surface area contributed by atoms with Crippen molar-refractivity contribution in [2.75, 3.05) is 13.1 Å². The molecule has 0 saturated heterocycles. The van der Waals surface area contributed by atoms with Crippen LogP contribution in [-0.2, 0) is 0 Å². The number of amides is 1. The van der Waals surface area contributed by atoms with Gasteiger partial charge in [0.05, 0.1) is 11.0 Å². The van der Waals surface area contributed by atoms with E-state index in [1.165, 1.54) is 0 Å². The molecule has 94 valence electrons. The summed E-state index contributed by atoms with van der Waals surface area (Å²) in [4.78, 5) is 23.7. The molecule has 0 aliphatic heterocycles. The van der Waals surface area contributed by atoms with Crippen LogP contribution in [0.3, 0.4) is 0 Å². The largest absolute Gasteiger partial charge is 0.352 e. The molecule has 0 heterocycles. The van der Waals surface area contributed by atoms with Crippen LogP contribution in [0.25, 0.3) is 10.4 Å². The van der Waals surface area contributed by atoms with Gasteiger partial charge in [0, 0.05) is 29.6 Å². The smallest absolute Gasteiger partial charge is 0.273 e. The number of nitro benzene ring substituents is 1. The van der Waals surface area contributed by atoms with E-state index in [9.17, 15) is 19.3 Å². The van der Waals surface area contributed by atoms with Crippen molar-refractivity contribution in [3.8, 4) is 0 Å². The molecule has 1 aromatic rings. The molecule has 0 unspecified atom stereocenters. The van der Waals surface area contributed by atoms with Crippen molar-refractivity contribution in [1.29, 1.82) is 0 Å². The summed E-state index contributed by atoms with van der Waals surface area (Å²) in [5.74, 6) is -1.55. The van der Waals surface area contributed by atoms with Gasteiger partial charge in [0.2, 0.25) is 0 Å². The number of benzene rings is 1. The monoisotopic (exact) mass is 253 g/mol. The number of carbonyl (C=O) groups excluding carboxylic acids is 1. The third-order valence-corrected chi connectivity index (χ3v) is 1.92. The Morgan fingerprint density at radius 2 is 2.28 bits per heavy atom. The summed E-state index contributed by atoms with van der Waals surface area (Å²) >= 11 is 0. The van der Waals surface area contributed by atoms with Gasteiger partial charge in [0.1, 0.15) is 5.82 Å². The van der Waals surface area contributed by atoms with Gasteiger partial charge >= 0.3 is 0 Å². The van der Waals surface area contributed by atoms with Crippen molar-refractivity contribution in [2.45, 2.75) is 0 Å². The van der Waals surface area contributed by atoms with Crippen LogP contribution in [0.5, 0.6) is 0 Å². The van der Waals surface area contributed by atoms with E-state index in [-0.39, 0.29) is 18.7 Å². The number of nitrogens with one attached hydrogen (secondary N) is 1. The van der Waals surface area contributed by atoms with E-state index in [0.29, 0.717) is 0 Å². The second-order valence-corrected chi connectivity index (χ2v) is 3.17. The summed E-state index contributed by atoms with van der Waals surface area (Å²) in [6.45, 7) is 0.104. The number of carbonyl (C=O) groups is 1. The van der Waals surface area contributed by atoms with Gasteiger partial charge in [-0.3, -0.25) is 14.9 Å². The average molecular weight is 253 g/mol. The Balaban J connectivity index is 2.79. The minimum absolute atomic E-state index is 0.0413. The molecule has 0 fully saturated rings. The summed E-state index contributed by atoms with van der Waals surface area (Å²) in [5, 5.41) is 16.0. The molecule has 0 aromatic heterocycles. The minimum Gasteiger partial charge on any atom is -0.352 e. The van der Waals surface area contributed by atoms with Crippen molar-refractivity contribution in [2.24, 2.45) is 5.11 Å². The normalized spacial score (nSPS) is 9.39. The highest BCUT2D eigenvalue weighted by Crippen LogP contribution is 2.16. The van der Waals surface area contributed by atoms with Gasteiger partial charge in [-0.15, -0.1) is 0 Å². The number of azide groups is 1.